The molecule has 0 aromatic carbocycles. The van der Waals surface area contributed by atoms with Gasteiger partial charge in [-0.25, -0.2) is 4.79 Å². The van der Waals surface area contributed by atoms with Crippen molar-refractivity contribution in [2.75, 3.05) is 6.61 Å². The Bertz CT molecular complexity index is 1420. The summed E-state index contributed by atoms with van der Waals surface area (Å²) in [7, 11) is 0. The van der Waals surface area contributed by atoms with Crippen LogP contribution in [0.3, 0.4) is 0 Å². The lowest BCUT2D eigenvalue weighted by atomic mass is 10.0. The van der Waals surface area contributed by atoms with Crippen LogP contribution in [0.15, 0.2) is 0 Å². The molecule has 0 heterocycles. The first-order chi connectivity index (χ1) is 26.0. The maximum Gasteiger partial charge on any atom is 0.326 e. The average Bonchev–Trinajstić information content (AvgIpc) is 3.12. The summed E-state index contributed by atoms with van der Waals surface area (Å²) in [5.41, 5.74) is 10.8. The number of rotatable bonds is 27. The number of aliphatic hydroxyl groups is 3. The number of ether oxygens (including phenoxy) is 1. The fourth-order valence-corrected chi connectivity index (χ4v) is 4.66. The number of nitrogens with one attached hydrogen (secondary N) is 6. The van der Waals surface area contributed by atoms with Gasteiger partial charge in [-0.3, -0.25) is 38.4 Å². The third-order valence-electron chi connectivity index (χ3n) is 8.05. The monoisotopic (exact) mass is 806 g/mol. The van der Waals surface area contributed by atoms with Crippen LogP contribution in [-0.4, -0.2) is 158 Å². The van der Waals surface area contributed by atoms with Crippen molar-refractivity contribution < 1.29 is 78.2 Å². The predicted molar refractivity (Wildman–Crippen MR) is 189 cm³/mol. The van der Waals surface area contributed by atoms with Crippen LogP contribution in [0.1, 0.15) is 66.7 Å². The average molecular weight is 807 g/mol. The van der Waals surface area contributed by atoms with Crippen LogP contribution in [0.5, 0.6) is 0 Å². The molecule has 0 aromatic heterocycles. The smallest absolute Gasteiger partial charge is 0.326 e. The van der Waals surface area contributed by atoms with E-state index < -0.39 is 139 Å². The summed E-state index contributed by atoms with van der Waals surface area (Å²) >= 11 is 0. The first-order valence-electron chi connectivity index (χ1n) is 17.3. The maximum absolute atomic E-state index is 13.0. The molecule has 0 aromatic rings. The summed E-state index contributed by atoms with van der Waals surface area (Å²) in [5, 5.41) is 61.6. The standard InChI is InChI=1S/C32H54N8O16/c1-13(27(48)37-15(3)31(52)53)36-30(51)19(8-6-7-18(33)26(34)47)39-23(45)10-9-20(32(54)55)40-28(49)14(2)35-29(50)16(4)56-25(24(46)22(44)12-42)21(11-41)38-17(5)43/h11,13-16,18-22,24-25,42,44,46H,6-10,12,33H2,1-5H3,(H2,34,47)(H,35,50)(H,36,51)(H,37,48)(H,38,43)(H,39,45)(H,40,49)(H,52,53)(H,54,55)/t13-,14-,15+,16+,18+,19-,20-,21+,22-,24-,25+/m1/s1. The molecule has 24 nitrogen and oxygen atoms in total. The summed E-state index contributed by atoms with van der Waals surface area (Å²) < 4.78 is 5.42. The molecule has 15 N–H and O–H groups in total. The highest BCUT2D eigenvalue weighted by atomic mass is 16.5. The van der Waals surface area contributed by atoms with Gasteiger partial charge in [0.15, 0.2) is 0 Å². The molecule has 24 heteroatoms. The van der Waals surface area contributed by atoms with Crippen molar-refractivity contribution in [1.29, 1.82) is 0 Å². The number of primary amides is 1. The molecule has 0 bridgehead atoms. The topological polar surface area (TPSA) is 405 Å². The van der Waals surface area contributed by atoms with Crippen LogP contribution in [0, 0.1) is 0 Å². The molecule has 7 amide bonds. The summed E-state index contributed by atoms with van der Waals surface area (Å²) in [6.07, 6.45) is -8.09. The predicted octanol–water partition coefficient (Wildman–Crippen LogP) is -6.41. The molecule has 318 valence electrons. The number of aliphatic carboxylic acids is 2. The van der Waals surface area contributed by atoms with Crippen LogP contribution in [0.25, 0.3) is 0 Å². The molecule has 0 aliphatic rings. The van der Waals surface area contributed by atoms with Crippen molar-refractivity contribution in [1.82, 2.24) is 31.9 Å². The molecule has 0 aliphatic carbocycles. The van der Waals surface area contributed by atoms with Crippen LogP contribution in [0.4, 0.5) is 0 Å². The van der Waals surface area contributed by atoms with E-state index in [2.05, 4.69) is 31.9 Å². The summed E-state index contributed by atoms with van der Waals surface area (Å²) in [6.45, 7) is 4.81. The summed E-state index contributed by atoms with van der Waals surface area (Å²) in [5.74, 6) is -9.13. The first-order valence-corrected chi connectivity index (χ1v) is 17.3. The van der Waals surface area contributed by atoms with Crippen molar-refractivity contribution in [3.63, 3.8) is 0 Å². The molecule has 0 unspecified atom stereocenters. The van der Waals surface area contributed by atoms with Crippen LogP contribution in [-0.2, 0) is 52.7 Å². The van der Waals surface area contributed by atoms with Gasteiger partial charge in [0, 0.05) is 13.3 Å². The number of carboxylic acid groups (broad SMARTS) is 2. The van der Waals surface area contributed by atoms with E-state index in [0.29, 0.717) is 0 Å². The van der Waals surface area contributed by atoms with Crippen LogP contribution >= 0.6 is 0 Å². The lowest BCUT2D eigenvalue weighted by Crippen LogP contribution is -2.57. The molecule has 0 saturated heterocycles. The highest BCUT2D eigenvalue weighted by molar-refractivity contribution is 5.94. The molecule has 0 rings (SSSR count). The minimum atomic E-state index is -1.97. The number of carbonyl (C=O) groups excluding carboxylic acids is 8. The number of amides is 7. The number of hydrogen-bond acceptors (Lipinski definition) is 15. The molecule has 0 aliphatic heterocycles. The molecule has 0 fully saturated rings. The van der Waals surface area contributed by atoms with E-state index in [-0.39, 0.29) is 25.5 Å². The van der Waals surface area contributed by atoms with E-state index >= 15 is 0 Å². The highest BCUT2D eigenvalue weighted by Gasteiger charge is 2.37. The van der Waals surface area contributed by atoms with Crippen molar-refractivity contribution >= 4 is 59.6 Å². The number of aliphatic hydroxyl groups excluding tert-OH is 3. The third kappa shape index (κ3) is 18.4. The maximum atomic E-state index is 13.0. The lowest BCUT2D eigenvalue weighted by Gasteiger charge is -2.32. The van der Waals surface area contributed by atoms with Gasteiger partial charge < -0.3 is 78.4 Å². The van der Waals surface area contributed by atoms with E-state index in [0.717, 1.165) is 20.8 Å². The van der Waals surface area contributed by atoms with Crippen molar-refractivity contribution in [3.8, 4) is 0 Å². The van der Waals surface area contributed by atoms with Gasteiger partial charge in [-0.15, -0.1) is 0 Å². The third-order valence-corrected chi connectivity index (χ3v) is 8.05. The number of hydrogen-bond donors (Lipinski definition) is 13. The van der Waals surface area contributed by atoms with Gasteiger partial charge >= 0.3 is 11.9 Å². The quantitative estimate of drug-likeness (QED) is 0.0343. The molecule has 0 spiro atoms. The number of nitrogens with two attached hydrogens (primary N) is 2. The molecular weight excluding hydrogens is 752 g/mol. The minimum absolute atomic E-state index is 0.0135. The Morgan fingerprint density at radius 3 is 1.71 bits per heavy atom. The van der Waals surface area contributed by atoms with E-state index in [9.17, 15) is 68.4 Å². The van der Waals surface area contributed by atoms with Gasteiger partial charge in [0.25, 0.3) is 0 Å². The second-order valence-electron chi connectivity index (χ2n) is 12.9. The van der Waals surface area contributed by atoms with E-state index in [1.165, 1.54) is 13.8 Å². The number of carboxylic acids is 2. The Kier molecular flexibility index (Phi) is 22.6. The normalized spacial score (nSPS) is 16.9. The SMILES string of the molecule is CC(=O)N[C@@H](C=O)[C@H](O[C@@H](C)C(=O)N[C@H](C)C(=O)N[C@H](CCC(=O)N[C@H](CCC[C@H](N)C(N)=O)C(=O)N[C@H](C)C(=O)N[C@@H](C)C(=O)O)C(=O)O)[C@H](O)[C@H](O)CO. The van der Waals surface area contributed by atoms with Gasteiger partial charge in [-0.1, -0.05) is 0 Å². The fourth-order valence-electron chi connectivity index (χ4n) is 4.66. The van der Waals surface area contributed by atoms with Crippen molar-refractivity contribution in [2.45, 2.75) is 133 Å². The minimum Gasteiger partial charge on any atom is -0.480 e. The number of aldehydes is 1. The largest absolute Gasteiger partial charge is 0.480 e. The van der Waals surface area contributed by atoms with Gasteiger partial charge in [0.1, 0.15) is 67.0 Å². The zero-order chi connectivity index (χ0) is 43.4. The van der Waals surface area contributed by atoms with Gasteiger partial charge in [0.2, 0.25) is 41.4 Å². The molecular formula is C32H54N8O16. The fraction of sp³-hybridized carbons (Fsp3) is 0.688. The van der Waals surface area contributed by atoms with Crippen molar-refractivity contribution in [2.24, 2.45) is 11.5 Å². The molecule has 56 heavy (non-hydrogen) atoms. The lowest BCUT2D eigenvalue weighted by molar-refractivity contribution is -0.158. The van der Waals surface area contributed by atoms with E-state index in [1.807, 2.05) is 0 Å². The highest BCUT2D eigenvalue weighted by Crippen LogP contribution is 2.13. The Balaban J connectivity index is 5.63. The summed E-state index contributed by atoms with van der Waals surface area (Å²) in [6, 6.07) is -9.68. The number of carbonyl (C=O) groups is 10. The molecule has 0 saturated carbocycles. The van der Waals surface area contributed by atoms with E-state index in [1.54, 1.807) is 0 Å². The van der Waals surface area contributed by atoms with Gasteiger partial charge in [0.05, 0.1) is 12.6 Å². The molecule has 11 atom stereocenters. The second kappa shape index (κ2) is 25.0. The Morgan fingerprint density at radius 1 is 0.696 bits per heavy atom. The summed E-state index contributed by atoms with van der Waals surface area (Å²) in [4.78, 5) is 121. The zero-order valence-electron chi connectivity index (χ0n) is 31.6. The first kappa shape index (κ1) is 50.7. The van der Waals surface area contributed by atoms with Gasteiger partial charge in [-0.2, -0.15) is 0 Å². The van der Waals surface area contributed by atoms with Gasteiger partial charge in [-0.05, 0) is 53.4 Å². The second-order valence-corrected chi connectivity index (χ2v) is 12.9. The van der Waals surface area contributed by atoms with E-state index in [4.69, 9.17) is 21.3 Å². The Hall–Kier alpha value is -5.30. The Morgan fingerprint density at radius 2 is 1.23 bits per heavy atom. The van der Waals surface area contributed by atoms with Crippen molar-refractivity contribution in [3.05, 3.63) is 0 Å². The van der Waals surface area contributed by atoms with Crippen LogP contribution < -0.4 is 43.4 Å². The zero-order valence-corrected chi connectivity index (χ0v) is 31.6. The Labute approximate surface area is 321 Å². The molecule has 0 radical (unpaired) electrons. The van der Waals surface area contributed by atoms with Crippen LogP contribution in [0.2, 0.25) is 0 Å².